The lowest BCUT2D eigenvalue weighted by molar-refractivity contribution is -0.116. The minimum Gasteiger partial charge on any atom is -0.496 e. The summed E-state index contributed by atoms with van der Waals surface area (Å²) in [5.41, 5.74) is 2.27. The predicted octanol–water partition coefficient (Wildman–Crippen LogP) is 3.71. The number of amides is 1. The Hall–Kier alpha value is -3.41. The highest BCUT2D eigenvalue weighted by atomic mass is 16.5. The second-order valence-electron chi connectivity index (χ2n) is 6.33. The van der Waals surface area contributed by atoms with Crippen LogP contribution in [0.3, 0.4) is 0 Å². The van der Waals surface area contributed by atoms with Crippen molar-refractivity contribution in [2.24, 2.45) is 0 Å². The summed E-state index contributed by atoms with van der Waals surface area (Å²) in [5.74, 6) is 1.92. The van der Waals surface area contributed by atoms with E-state index in [0.29, 0.717) is 31.0 Å². The van der Waals surface area contributed by atoms with E-state index in [1.807, 2.05) is 60.7 Å². The van der Waals surface area contributed by atoms with Gasteiger partial charge >= 0.3 is 0 Å². The maximum absolute atomic E-state index is 12.1. The van der Waals surface area contributed by atoms with Crippen LogP contribution < -0.4 is 15.4 Å². The average molecular weight is 376 g/mol. The molecule has 0 aliphatic carbocycles. The van der Waals surface area contributed by atoms with Crippen LogP contribution in [0.2, 0.25) is 0 Å². The first-order valence-electron chi connectivity index (χ1n) is 9.28. The van der Waals surface area contributed by atoms with Crippen LogP contribution in [-0.4, -0.2) is 29.8 Å². The van der Waals surface area contributed by atoms with E-state index in [1.165, 1.54) is 0 Å². The fourth-order valence-electron chi connectivity index (χ4n) is 2.84. The van der Waals surface area contributed by atoms with E-state index >= 15 is 0 Å². The van der Waals surface area contributed by atoms with Crippen molar-refractivity contribution in [3.8, 4) is 5.75 Å². The van der Waals surface area contributed by atoms with Gasteiger partial charge in [-0.25, -0.2) is 0 Å². The van der Waals surface area contributed by atoms with Gasteiger partial charge in [-0.2, -0.15) is 0 Å². The molecule has 144 valence electrons. The van der Waals surface area contributed by atoms with Crippen LogP contribution in [0.5, 0.6) is 5.75 Å². The summed E-state index contributed by atoms with van der Waals surface area (Å²) in [6.45, 7) is 0.706. The minimum atomic E-state index is -0.0740. The smallest absolute Gasteiger partial charge is 0.225 e. The molecule has 28 heavy (non-hydrogen) atoms. The number of aromatic nitrogens is 2. The van der Waals surface area contributed by atoms with E-state index in [1.54, 1.807) is 13.2 Å². The van der Waals surface area contributed by atoms with E-state index in [4.69, 9.17) is 4.74 Å². The van der Waals surface area contributed by atoms with Crippen LogP contribution in [0.1, 0.15) is 17.5 Å². The number of anilines is 2. The number of nitrogens with one attached hydrogen (secondary N) is 2. The monoisotopic (exact) mass is 376 g/mol. The summed E-state index contributed by atoms with van der Waals surface area (Å²) in [4.78, 5) is 12.1. The molecule has 0 aliphatic heterocycles. The normalized spacial score (nSPS) is 10.3. The quantitative estimate of drug-likeness (QED) is 0.595. The van der Waals surface area contributed by atoms with E-state index < -0.39 is 0 Å². The molecule has 3 rings (SSSR count). The Morgan fingerprint density at radius 2 is 1.61 bits per heavy atom. The summed E-state index contributed by atoms with van der Waals surface area (Å²) in [7, 11) is 1.67. The highest BCUT2D eigenvalue weighted by Gasteiger charge is 2.06. The summed E-state index contributed by atoms with van der Waals surface area (Å²) >= 11 is 0. The maximum atomic E-state index is 12.1. The number of carbonyl (C=O) groups excluding carboxylic acids is 1. The van der Waals surface area contributed by atoms with Gasteiger partial charge in [0.15, 0.2) is 5.82 Å². The molecule has 6 nitrogen and oxygen atoms in total. The molecule has 0 bridgehead atoms. The molecule has 1 amide bonds. The lowest BCUT2D eigenvalue weighted by Gasteiger charge is -2.09. The molecule has 0 radical (unpaired) electrons. The zero-order chi connectivity index (χ0) is 19.6. The standard InChI is InChI=1S/C22H24N4O2/c1-28-19-10-6-5-9-18(19)15-16-23-20-12-13-21(26-25-20)24-22(27)14-11-17-7-3-2-4-8-17/h2-10,12-13H,11,14-16H2,1H3,(H,23,25)(H,24,26,27). The first-order valence-corrected chi connectivity index (χ1v) is 9.28. The van der Waals surface area contributed by atoms with E-state index in [0.717, 1.165) is 23.3 Å². The summed E-state index contributed by atoms with van der Waals surface area (Å²) in [6.07, 6.45) is 1.91. The predicted molar refractivity (Wildman–Crippen MR) is 111 cm³/mol. The van der Waals surface area contributed by atoms with Crippen LogP contribution >= 0.6 is 0 Å². The topological polar surface area (TPSA) is 76.1 Å². The Bertz CT molecular complexity index is 883. The number of carbonyl (C=O) groups is 1. The lowest BCUT2D eigenvalue weighted by atomic mass is 10.1. The largest absolute Gasteiger partial charge is 0.496 e. The highest BCUT2D eigenvalue weighted by molar-refractivity contribution is 5.89. The molecule has 0 saturated heterocycles. The number of aryl methyl sites for hydroxylation is 1. The van der Waals surface area contributed by atoms with Gasteiger partial charge in [-0.15, -0.1) is 10.2 Å². The van der Waals surface area contributed by atoms with Crippen molar-refractivity contribution < 1.29 is 9.53 Å². The van der Waals surface area contributed by atoms with Gasteiger partial charge in [0.25, 0.3) is 0 Å². The molecule has 6 heteroatoms. The summed E-state index contributed by atoms with van der Waals surface area (Å²) < 4.78 is 5.35. The molecule has 0 atom stereocenters. The van der Waals surface area contributed by atoms with Gasteiger partial charge in [0.1, 0.15) is 11.6 Å². The number of hydrogen-bond acceptors (Lipinski definition) is 5. The van der Waals surface area contributed by atoms with Gasteiger partial charge in [0, 0.05) is 13.0 Å². The molecule has 1 aromatic heterocycles. The molecule has 0 aliphatic rings. The highest BCUT2D eigenvalue weighted by Crippen LogP contribution is 2.17. The molecule has 3 aromatic rings. The lowest BCUT2D eigenvalue weighted by Crippen LogP contribution is -2.14. The molecule has 1 heterocycles. The molecular weight excluding hydrogens is 352 g/mol. The number of para-hydroxylation sites is 1. The van der Waals surface area contributed by atoms with Crippen LogP contribution in [0.15, 0.2) is 66.7 Å². The summed E-state index contributed by atoms with van der Waals surface area (Å²) in [6, 6.07) is 21.4. The van der Waals surface area contributed by atoms with Crippen molar-refractivity contribution in [3.05, 3.63) is 77.9 Å². The fourth-order valence-corrected chi connectivity index (χ4v) is 2.84. The third-order valence-corrected chi connectivity index (χ3v) is 4.31. The maximum Gasteiger partial charge on any atom is 0.225 e. The second-order valence-corrected chi connectivity index (χ2v) is 6.33. The van der Waals surface area contributed by atoms with E-state index in [9.17, 15) is 4.79 Å². The minimum absolute atomic E-state index is 0.0740. The van der Waals surface area contributed by atoms with Crippen LogP contribution in [0.25, 0.3) is 0 Å². The Labute approximate surface area is 165 Å². The van der Waals surface area contributed by atoms with Gasteiger partial charge < -0.3 is 15.4 Å². The van der Waals surface area contributed by atoms with Crippen molar-refractivity contribution >= 4 is 17.5 Å². The van der Waals surface area contributed by atoms with Crippen molar-refractivity contribution in [1.29, 1.82) is 0 Å². The number of methoxy groups -OCH3 is 1. The first kappa shape index (κ1) is 19.4. The van der Waals surface area contributed by atoms with Gasteiger partial charge in [-0.1, -0.05) is 48.5 Å². The number of hydrogen-bond donors (Lipinski definition) is 2. The van der Waals surface area contributed by atoms with Gasteiger partial charge in [0.2, 0.25) is 5.91 Å². The zero-order valence-electron chi connectivity index (χ0n) is 15.9. The molecule has 2 N–H and O–H groups in total. The zero-order valence-corrected chi connectivity index (χ0v) is 15.9. The Morgan fingerprint density at radius 1 is 0.893 bits per heavy atom. The average Bonchev–Trinajstić information content (AvgIpc) is 2.74. The number of ether oxygens (including phenoxy) is 1. The van der Waals surface area contributed by atoms with Crippen molar-refractivity contribution in [3.63, 3.8) is 0 Å². The van der Waals surface area contributed by atoms with Crippen molar-refractivity contribution in [2.45, 2.75) is 19.3 Å². The molecule has 0 saturated carbocycles. The third-order valence-electron chi connectivity index (χ3n) is 4.31. The first-order chi connectivity index (χ1) is 13.7. The summed E-state index contributed by atoms with van der Waals surface area (Å²) in [5, 5.41) is 14.2. The van der Waals surface area contributed by atoms with Crippen molar-refractivity contribution in [2.75, 3.05) is 24.3 Å². The Morgan fingerprint density at radius 3 is 2.36 bits per heavy atom. The molecular formula is C22H24N4O2. The van der Waals surface area contributed by atoms with Crippen LogP contribution in [0, 0.1) is 0 Å². The third kappa shape index (κ3) is 5.81. The SMILES string of the molecule is COc1ccccc1CCNc1ccc(NC(=O)CCc2ccccc2)nn1. The molecule has 0 unspecified atom stereocenters. The second kappa shape index (κ2) is 10.1. The van der Waals surface area contributed by atoms with Crippen LogP contribution in [-0.2, 0) is 17.6 Å². The van der Waals surface area contributed by atoms with Crippen molar-refractivity contribution in [1.82, 2.24) is 10.2 Å². The molecule has 0 fully saturated rings. The van der Waals surface area contributed by atoms with Gasteiger partial charge in [-0.05, 0) is 42.2 Å². The van der Waals surface area contributed by atoms with Crippen LogP contribution in [0.4, 0.5) is 11.6 Å². The van der Waals surface area contributed by atoms with Gasteiger partial charge in [0.05, 0.1) is 7.11 Å². The number of rotatable bonds is 9. The number of nitrogens with zero attached hydrogens (tertiary/aromatic N) is 2. The van der Waals surface area contributed by atoms with E-state index in [2.05, 4.69) is 20.8 Å². The fraction of sp³-hybridized carbons (Fsp3) is 0.227. The molecule has 2 aromatic carbocycles. The van der Waals surface area contributed by atoms with Gasteiger partial charge in [-0.3, -0.25) is 4.79 Å². The molecule has 0 spiro atoms. The number of benzene rings is 2. The Kier molecular flexibility index (Phi) is 6.95. The Balaban J connectivity index is 1.43. The van der Waals surface area contributed by atoms with E-state index in [-0.39, 0.29) is 5.91 Å².